The first kappa shape index (κ1) is 19.9. The Bertz CT molecular complexity index is 459. The van der Waals surface area contributed by atoms with E-state index in [2.05, 4.69) is 24.1 Å². The molecule has 2 rings (SSSR count). The Balaban J connectivity index is 0.00000264. The van der Waals surface area contributed by atoms with Gasteiger partial charge < -0.3 is 10.2 Å². The summed E-state index contributed by atoms with van der Waals surface area (Å²) in [6.45, 7) is 7.81. The standard InChI is InChI=1S/C18H29N3O.ClH/c1-15(2)21(17-7-5-4-6-8-17)18(22)14-20-11-9-16(10-12-20)13-19-3;/h4-8,15-16,19H,9-14H2,1-3H3;1H. The lowest BCUT2D eigenvalue weighted by Crippen LogP contribution is -2.46. The van der Waals surface area contributed by atoms with Gasteiger partial charge in [0.15, 0.2) is 0 Å². The summed E-state index contributed by atoms with van der Waals surface area (Å²) in [5.41, 5.74) is 0.993. The lowest BCUT2D eigenvalue weighted by atomic mass is 9.97. The topological polar surface area (TPSA) is 35.6 Å². The first-order chi connectivity index (χ1) is 10.6. The van der Waals surface area contributed by atoms with Crippen molar-refractivity contribution >= 4 is 24.0 Å². The maximum atomic E-state index is 12.7. The van der Waals surface area contributed by atoms with E-state index in [1.54, 1.807) is 0 Å². The van der Waals surface area contributed by atoms with Crippen LogP contribution in [-0.4, -0.2) is 50.1 Å². The number of piperidine rings is 1. The summed E-state index contributed by atoms with van der Waals surface area (Å²) in [5, 5.41) is 3.25. The zero-order valence-corrected chi connectivity index (χ0v) is 15.3. The van der Waals surface area contributed by atoms with Crippen LogP contribution in [0.15, 0.2) is 30.3 Å². The van der Waals surface area contributed by atoms with Crippen LogP contribution in [0.1, 0.15) is 26.7 Å². The highest BCUT2D eigenvalue weighted by Crippen LogP contribution is 2.19. The fraction of sp³-hybridized carbons (Fsp3) is 0.611. The summed E-state index contributed by atoms with van der Waals surface area (Å²) in [7, 11) is 2.01. The van der Waals surface area contributed by atoms with Crippen molar-refractivity contribution in [3.8, 4) is 0 Å². The van der Waals surface area contributed by atoms with E-state index in [9.17, 15) is 4.79 Å². The third kappa shape index (κ3) is 5.79. The molecule has 0 saturated carbocycles. The third-order valence-corrected chi connectivity index (χ3v) is 4.38. The van der Waals surface area contributed by atoms with Crippen molar-refractivity contribution in [2.24, 2.45) is 5.92 Å². The second kappa shape index (κ2) is 9.91. The summed E-state index contributed by atoms with van der Waals surface area (Å²) in [6.07, 6.45) is 2.36. The van der Waals surface area contributed by atoms with Gasteiger partial charge in [-0.15, -0.1) is 12.4 Å². The van der Waals surface area contributed by atoms with Gasteiger partial charge in [-0.05, 0) is 71.4 Å². The van der Waals surface area contributed by atoms with E-state index in [0.29, 0.717) is 6.54 Å². The third-order valence-electron chi connectivity index (χ3n) is 4.38. The number of nitrogens with one attached hydrogen (secondary N) is 1. The second-order valence-corrected chi connectivity index (χ2v) is 6.47. The molecule has 1 aromatic rings. The van der Waals surface area contributed by atoms with Gasteiger partial charge in [-0.25, -0.2) is 0 Å². The predicted octanol–water partition coefficient (Wildman–Crippen LogP) is 2.78. The van der Waals surface area contributed by atoms with Gasteiger partial charge in [-0.1, -0.05) is 18.2 Å². The Hall–Kier alpha value is -1.10. The van der Waals surface area contributed by atoms with Gasteiger partial charge in [-0.2, -0.15) is 0 Å². The van der Waals surface area contributed by atoms with Gasteiger partial charge in [0.2, 0.25) is 5.91 Å². The first-order valence-electron chi connectivity index (χ1n) is 8.36. The number of carbonyl (C=O) groups excluding carboxylic acids is 1. The molecule has 1 N–H and O–H groups in total. The lowest BCUT2D eigenvalue weighted by Gasteiger charge is -2.34. The van der Waals surface area contributed by atoms with Crippen LogP contribution in [0.4, 0.5) is 5.69 Å². The highest BCUT2D eigenvalue weighted by atomic mass is 35.5. The number of hydrogen-bond donors (Lipinski definition) is 1. The Morgan fingerprint density at radius 2 is 1.87 bits per heavy atom. The largest absolute Gasteiger partial charge is 0.319 e. The van der Waals surface area contributed by atoms with Crippen LogP contribution in [0.25, 0.3) is 0 Å². The molecule has 0 unspecified atom stereocenters. The monoisotopic (exact) mass is 339 g/mol. The first-order valence-corrected chi connectivity index (χ1v) is 8.36. The average molecular weight is 340 g/mol. The number of amides is 1. The molecule has 0 aliphatic carbocycles. The number of likely N-dealkylation sites (tertiary alicyclic amines) is 1. The maximum Gasteiger partial charge on any atom is 0.241 e. The van der Waals surface area contributed by atoms with Crippen molar-refractivity contribution in [3.63, 3.8) is 0 Å². The summed E-state index contributed by atoms with van der Waals surface area (Å²) >= 11 is 0. The quantitative estimate of drug-likeness (QED) is 0.865. The minimum absolute atomic E-state index is 0. The molecule has 1 heterocycles. The summed E-state index contributed by atoms with van der Waals surface area (Å²) in [4.78, 5) is 16.9. The van der Waals surface area contributed by atoms with E-state index in [0.717, 1.165) is 31.2 Å². The predicted molar refractivity (Wildman–Crippen MR) is 99.4 cm³/mol. The smallest absolute Gasteiger partial charge is 0.241 e. The molecule has 1 aromatic carbocycles. The minimum Gasteiger partial charge on any atom is -0.319 e. The Labute approximate surface area is 146 Å². The van der Waals surface area contributed by atoms with E-state index in [1.165, 1.54) is 12.8 Å². The lowest BCUT2D eigenvalue weighted by molar-refractivity contribution is -0.120. The van der Waals surface area contributed by atoms with E-state index in [1.807, 2.05) is 42.3 Å². The number of carbonyl (C=O) groups is 1. The second-order valence-electron chi connectivity index (χ2n) is 6.47. The molecule has 5 heteroatoms. The van der Waals surface area contributed by atoms with E-state index in [-0.39, 0.29) is 24.4 Å². The minimum atomic E-state index is 0. The Kier molecular flexibility index (Phi) is 8.59. The molecular formula is C18H30ClN3O. The number of halogens is 1. The maximum absolute atomic E-state index is 12.7. The Morgan fingerprint density at radius 3 is 2.39 bits per heavy atom. The molecule has 1 saturated heterocycles. The van der Waals surface area contributed by atoms with Gasteiger partial charge in [0, 0.05) is 11.7 Å². The molecule has 0 radical (unpaired) electrons. The van der Waals surface area contributed by atoms with Gasteiger partial charge in [0.1, 0.15) is 0 Å². The van der Waals surface area contributed by atoms with E-state index >= 15 is 0 Å². The van der Waals surface area contributed by atoms with Gasteiger partial charge in [-0.3, -0.25) is 9.69 Å². The van der Waals surface area contributed by atoms with E-state index in [4.69, 9.17) is 0 Å². The van der Waals surface area contributed by atoms with Crippen molar-refractivity contribution < 1.29 is 4.79 Å². The fourth-order valence-electron chi connectivity index (χ4n) is 3.22. The van der Waals surface area contributed by atoms with Crippen LogP contribution in [0.3, 0.4) is 0 Å². The summed E-state index contributed by atoms with van der Waals surface area (Å²) in [5.74, 6) is 0.958. The zero-order chi connectivity index (χ0) is 15.9. The molecule has 130 valence electrons. The molecular weight excluding hydrogens is 310 g/mol. The number of benzene rings is 1. The SMILES string of the molecule is CNCC1CCN(CC(=O)N(c2ccccc2)C(C)C)CC1.Cl. The van der Waals surface area contributed by atoms with Crippen molar-refractivity contribution in [1.82, 2.24) is 10.2 Å². The molecule has 0 bridgehead atoms. The number of para-hydroxylation sites is 1. The molecule has 23 heavy (non-hydrogen) atoms. The van der Waals surface area contributed by atoms with Crippen molar-refractivity contribution in [2.45, 2.75) is 32.7 Å². The van der Waals surface area contributed by atoms with E-state index < -0.39 is 0 Å². The number of rotatable bonds is 6. The number of hydrogen-bond acceptors (Lipinski definition) is 3. The summed E-state index contributed by atoms with van der Waals surface area (Å²) < 4.78 is 0. The molecule has 0 aromatic heterocycles. The van der Waals surface area contributed by atoms with Crippen LogP contribution in [0.2, 0.25) is 0 Å². The van der Waals surface area contributed by atoms with Crippen molar-refractivity contribution in [1.29, 1.82) is 0 Å². The van der Waals surface area contributed by atoms with Crippen molar-refractivity contribution in [3.05, 3.63) is 30.3 Å². The molecule has 0 spiro atoms. The average Bonchev–Trinajstić information content (AvgIpc) is 2.50. The molecule has 1 aliphatic rings. The molecule has 1 fully saturated rings. The highest BCUT2D eigenvalue weighted by molar-refractivity contribution is 5.95. The normalized spacial score (nSPS) is 16.2. The van der Waals surface area contributed by atoms with Gasteiger partial charge >= 0.3 is 0 Å². The van der Waals surface area contributed by atoms with Gasteiger partial charge in [0.25, 0.3) is 0 Å². The molecule has 1 aliphatic heterocycles. The summed E-state index contributed by atoms with van der Waals surface area (Å²) in [6, 6.07) is 10.2. The number of nitrogens with zero attached hydrogens (tertiary/aromatic N) is 2. The van der Waals surface area contributed by atoms with Crippen molar-refractivity contribution in [2.75, 3.05) is 38.1 Å². The van der Waals surface area contributed by atoms with Crippen LogP contribution in [0, 0.1) is 5.92 Å². The van der Waals surface area contributed by atoms with Gasteiger partial charge in [0.05, 0.1) is 6.54 Å². The Morgan fingerprint density at radius 1 is 1.26 bits per heavy atom. The van der Waals surface area contributed by atoms with Crippen LogP contribution < -0.4 is 10.2 Å². The molecule has 1 amide bonds. The van der Waals surface area contributed by atoms with Crippen LogP contribution >= 0.6 is 12.4 Å². The fourth-order valence-corrected chi connectivity index (χ4v) is 3.22. The molecule has 4 nitrogen and oxygen atoms in total. The highest BCUT2D eigenvalue weighted by Gasteiger charge is 2.24. The molecule has 0 atom stereocenters. The van der Waals surface area contributed by atoms with Crippen LogP contribution in [-0.2, 0) is 4.79 Å². The zero-order valence-electron chi connectivity index (χ0n) is 14.5. The number of anilines is 1. The van der Waals surface area contributed by atoms with Crippen LogP contribution in [0.5, 0.6) is 0 Å².